The van der Waals surface area contributed by atoms with Gasteiger partial charge in [0.15, 0.2) is 0 Å². The third kappa shape index (κ3) is 6.38. The Morgan fingerprint density at radius 3 is 2.52 bits per heavy atom. The SMILES string of the molecule is Cc1cccc(C)c1C(=O)NCCC(C)N1CCC(N(Cc2cccc(C#N)c2)c2ccc3c(c2)COC3)CC1. The highest BCUT2D eigenvalue weighted by molar-refractivity contribution is 5.97. The van der Waals surface area contributed by atoms with Crippen LogP contribution in [0.15, 0.2) is 60.7 Å². The van der Waals surface area contributed by atoms with E-state index >= 15 is 0 Å². The maximum atomic E-state index is 12.8. The number of amides is 1. The summed E-state index contributed by atoms with van der Waals surface area (Å²) >= 11 is 0. The van der Waals surface area contributed by atoms with E-state index in [1.165, 1.54) is 16.8 Å². The molecule has 0 aromatic heterocycles. The van der Waals surface area contributed by atoms with Crippen molar-refractivity contribution in [3.05, 3.63) is 99.6 Å². The van der Waals surface area contributed by atoms with Crippen LogP contribution in [0.3, 0.4) is 0 Å². The fourth-order valence-corrected chi connectivity index (χ4v) is 6.18. The van der Waals surface area contributed by atoms with Crippen LogP contribution < -0.4 is 10.2 Å². The minimum absolute atomic E-state index is 0.0253. The van der Waals surface area contributed by atoms with Gasteiger partial charge >= 0.3 is 0 Å². The molecule has 208 valence electrons. The first-order chi connectivity index (χ1) is 19.4. The summed E-state index contributed by atoms with van der Waals surface area (Å²) < 4.78 is 5.68. The minimum atomic E-state index is 0.0253. The van der Waals surface area contributed by atoms with Crippen molar-refractivity contribution in [1.29, 1.82) is 5.26 Å². The second-order valence-electron chi connectivity index (χ2n) is 11.3. The summed E-state index contributed by atoms with van der Waals surface area (Å²) in [5.74, 6) is 0.0253. The van der Waals surface area contributed by atoms with E-state index < -0.39 is 0 Å². The molecule has 6 nitrogen and oxygen atoms in total. The van der Waals surface area contributed by atoms with E-state index in [4.69, 9.17) is 4.74 Å². The van der Waals surface area contributed by atoms with Gasteiger partial charge in [0.1, 0.15) is 0 Å². The molecule has 2 heterocycles. The lowest BCUT2D eigenvalue weighted by molar-refractivity contribution is 0.0944. The number of likely N-dealkylation sites (tertiary alicyclic amines) is 1. The lowest BCUT2D eigenvalue weighted by Crippen LogP contribution is -2.48. The number of benzene rings is 3. The Morgan fingerprint density at radius 1 is 1.05 bits per heavy atom. The lowest BCUT2D eigenvalue weighted by atomic mass is 9.98. The molecule has 40 heavy (non-hydrogen) atoms. The number of piperidine rings is 1. The highest BCUT2D eigenvalue weighted by Gasteiger charge is 2.28. The highest BCUT2D eigenvalue weighted by atomic mass is 16.5. The molecule has 2 aliphatic rings. The standard InChI is InChI=1S/C34H40N4O2/c1-24-6-4-7-25(2)33(24)34(39)36-15-12-26(3)37-16-13-31(14-17-37)38(21-28-9-5-8-27(18-28)20-35)32-11-10-29-22-40-23-30(29)19-32/h4-11,18-19,26,31H,12-17,21-23H2,1-3H3,(H,36,39). The first-order valence-corrected chi connectivity index (χ1v) is 14.5. The van der Waals surface area contributed by atoms with Crippen molar-refractivity contribution in [3.63, 3.8) is 0 Å². The third-order valence-electron chi connectivity index (χ3n) is 8.56. The minimum Gasteiger partial charge on any atom is -0.372 e. The van der Waals surface area contributed by atoms with Gasteiger partial charge in [-0.15, -0.1) is 0 Å². The molecule has 6 heteroatoms. The van der Waals surface area contributed by atoms with Crippen LogP contribution in [0.25, 0.3) is 0 Å². The summed E-state index contributed by atoms with van der Waals surface area (Å²) in [6, 6.07) is 23.8. The molecule has 0 saturated carbocycles. The topological polar surface area (TPSA) is 68.6 Å². The molecule has 1 saturated heterocycles. The van der Waals surface area contributed by atoms with E-state index in [1.54, 1.807) is 0 Å². The fourth-order valence-electron chi connectivity index (χ4n) is 6.18. The largest absolute Gasteiger partial charge is 0.372 e. The molecule has 5 rings (SSSR count). The smallest absolute Gasteiger partial charge is 0.251 e. The van der Waals surface area contributed by atoms with Crippen molar-refractivity contribution in [1.82, 2.24) is 10.2 Å². The van der Waals surface area contributed by atoms with E-state index in [9.17, 15) is 10.1 Å². The number of hydrogen-bond donors (Lipinski definition) is 1. The summed E-state index contributed by atoms with van der Waals surface area (Å²) in [7, 11) is 0. The Kier molecular flexibility index (Phi) is 8.84. The van der Waals surface area contributed by atoms with E-state index in [0.717, 1.165) is 61.2 Å². The molecule has 0 bridgehead atoms. The Bertz CT molecular complexity index is 1370. The summed E-state index contributed by atoms with van der Waals surface area (Å²) in [6.45, 7) is 11.1. The van der Waals surface area contributed by atoms with Crippen LogP contribution in [0.1, 0.15) is 69.9 Å². The van der Waals surface area contributed by atoms with Gasteiger partial charge in [0, 0.05) is 49.5 Å². The molecule has 2 aliphatic heterocycles. The maximum Gasteiger partial charge on any atom is 0.251 e. The van der Waals surface area contributed by atoms with Gasteiger partial charge in [0.05, 0.1) is 24.8 Å². The number of nitriles is 1. The van der Waals surface area contributed by atoms with Gasteiger partial charge in [-0.25, -0.2) is 0 Å². The Hall–Kier alpha value is -3.66. The van der Waals surface area contributed by atoms with Crippen LogP contribution in [-0.2, 0) is 24.5 Å². The number of aryl methyl sites for hydroxylation is 2. The number of ether oxygens (including phenoxy) is 1. The van der Waals surface area contributed by atoms with Crippen molar-refractivity contribution in [3.8, 4) is 6.07 Å². The van der Waals surface area contributed by atoms with Gasteiger partial charge in [0.2, 0.25) is 0 Å². The van der Waals surface area contributed by atoms with Crippen molar-refractivity contribution in [2.24, 2.45) is 0 Å². The van der Waals surface area contributed by atoms with Gasteiger partial charge in [-0.1, -0.05) is 36.4 Å². The normalized spacial score (nSPS) is 16.2. The van der Waals surface area contributed by atoms with Gasteiger partial charge in [-0.2, -0.15) is 5.26 Å². The molecule has 0 aliphatic carbocycles. The number of rotatable bonds is 9. The quantitative estimate of drug-likeness (QED) is 0.370. The number of carbonyl (C=O) groups excluding carboxylic acids is 1. The summed E-state index contributed by atoms with van der Waals surface area (Å²) in [4.78, 5) is 17.9. The molecule has 1 amide bonds. The van der Waals surface area contributed by atoms with Crippen molar-refractivity contribution in [2.75, 3.05) is 24.5 Å². The zero-order valence-electron chi connectivity index (χ0n) is 24.0. The van der Waals surface area contributed by atoms with E-state index in [1.807, 2.05) is 50.2 Å². The molecule has 0 radical (unpaired) electrons. The van der Waals surface area contributed by atoms with Crippen molar-refractivity contribution >= 4 is 11.6 Å². The predicted octanol–water partition coefficient (Wildman–Crippen LogP) is 5.88. The van der Waals surface area contributed by atoms with E-state index in [-0.39, 0.29) is 5.91 Å². The molecule has 1 unspecified atom stereocenters. The monoisotopic (exact) mass is 536 g/mol. The number of nitrogens with one attached hydrogen (secondary N) is 1. The number of nitrogens with zero attached hydrogens (tertiary/aromatic N) is 3. The van der Waals surface area contributed by atoms with E-state index in [0.29, 0.717) is 37.4 Å². The second kappa shape index (κ2) is 12.7. The first kappa shape index (κ1) is 27.9. The molecule has 3 aromatic rings. The molecule has 0 spiro atoms. The van der Waals surface area contributed by atoms with Crippen molar-refractivity contribution < 1.29 is 9.53 Å². The van der Waals surface area contributed by atoms with Crippen molar-refractivity contribution in [2.45, 2.75) is 71.9 Å². The fraction of sp³-hybridized carbons (Fsp3) is 0.412. The predicted molar refractivity (Wildman–Crippen MR) is 159 cm³/mol. The van der Waals surface area contributed by atoms with Gasteiger partial charge in [0.25, 0.3) is 5.91 Å². The number of fused-ring (bicyclic) bond motifs is 1. The van der Waals surface area contributed by atoms with Crippen LogP contribution in [0.2, 0.25) is 0 Å². The zero-order valence-corrected chi connectivity index (χ0v) is 24.0. The van der Waals surface area contributed by atoms with Gasteiger partial charge in [-0.05, 0) is 92.1 Å². The molecule has 3 aromatic carbocycles. The van der Waals surface area contributed by atoms with Crippen LogP contribution in [0.5, 0.6) is 0 Å². The van der Waals surface area contributed by atoms with Crippen LogP contribution in [0.4, 0.5) is 5.69 Å². The Labute approximate surface area is 238 Å². The molecule has 1 N–H and O–H groups in total. The number of anilines is 1. The summed E-state index contributed by atoms with van der Waals surface area (Å²) in [5, 5.41) is 12.6. The molecule has 1 atom stereocenters. The second-order valence-corrected chi connectivity index (χ2v) is 11.3. The Balaban J connectivity index is 1.20. The molecule has 1 fully saturated rings. The lowest BCUT2D eigenvalue weighted by Gasteiger charge is -2.42. The van der Waals surface area contributed by atoms with E-state index in [2.05, 4.69) is 52.4 Å². The van der Waals surface area contributed by atoms with Gasteiger partial charge in [-0.3, -0.25) is 4.79 Å². The third-order valence-corrected chi connectivity index (χ3v) is 8.56. The average molecular weight is 537 g/mol. The molecular formula is C34H40N4O2. The zero-order chi connectivity index (χ0) is 28.1. The molecular weight excluding hydrogens is 496 g/mol. The van der Waals surface area contributed by atoms with Crippen LogP contribution in [0, 0.1) is 25.2 Å². The van der Waals surface area contributed by atoms with Gasteiger partial charge < -0.3 is 19.9 Å². The summed E-state index contributed by atoms with van der Waals surface area (Å²) in [6.07, 6.45) is 3.08. The van der Waals surface area contributed by atoms with Crippen LogP contribution >= 0.6 is 0 Å². The Morgan fingerprint density at radius 2 is 1.77 bits per heavy atom. The maximum absolute atomic E-state index is 12.8. The highest BCUT2D eigenvalue weighted by Crippen LogP contribution is 2.31. The average Bonchev–Trinajstić information content (AvgIpc) is 3.44. The number of hydrogen-bond acceptors (Lipinski definition) is 5. The number of carbonyl (C=O) groups is 1. The first-order valence-electron chi connectivity index (χ1n) is 14.5. The van der Waals surface area contributed by atoms with Crippen LogP contribution in [-0.4, -0.2) is 42.5 Å². The summed E-state index contributed by atoms with van der Waals surface area (Å²) in [5.41, 5.74) is 8.49.